The molecule has 1 amide bonds. The van der Waals surface area contributed by atoms with E-state index in [-0.39, 0.29) is 17.2 Å². The summed E-state index contributed by atoms with van der Waals surface area (Å²) in [5.41, 5.74) is 0.714. The first-order chi connectivity index (χ1) is 7.49. The Morgan fingerprint density at radius 1 is 1.44 bits per heavy atom. The number of alkyl halides is 1. The van der Waals surface area contributed by atoms with Crippen LogP contribution in [0, 0.1) is 5.92 Å². The number of rotatable bonds is 4. The minimum Gasteiger partial charge on any atom is -0.326 e. The van der Waals surface area contributed by atoms with Crippen LogP contribution in [0.4, 0.5) is 5.69 Å². The molecule has 4 heteroatoms. The molecular formula is C12H15Cl2NO. The van der Waals surface area contributed by atoms with Gasteiger partial charge in [0.25, 0.3) is 0 Å². The van der Waals surface area contributed by atoms with Crippen molar-refractivity contribution in [2.75, 3.05) is 5.32 Å². The second-order valence-electron chi connectivity index (χ2n) is 3.92. The van der Waals surface area contributed by atoms with Gasteiger partial charge in [0.2, 0.25) is 5.91 Å². The standard InChI is InChI=1S/C12H15Cl2NO/c1-8(6-9(2)13)12(16)15-11-5-3-4-10(14)7-11/h3-5,7-9H,6H2,1-2H3,(H,15,16). The van der Waals surface area contributed by atoms with E-state index in [1.54, 1.807) is 24.3 Å². The van der Waals surface area contributed by atoms with E-state index in [1.165, 1.54) is 0 Å². The van der Waals surface area contributed by atoms with Crippen molar-refractivity contribution in [1.29, 1.82) is 0 Å². The van der Waals surface area contributed by atoms with Crippen LogP contribution in [0.1, 0.15) is 20.3 Å². The highest BCUT2D eigenvalue weighted by Crippen LogP contribution is 2.17. The Morgan fingerprint density at radius 2 is 2.12 bits per heavy atom. The van der Waals surface area contributed by atoms with Gasteiger partial charge in [-0.1, -0.05) is 24.6 Å². The molecule has 0 aromatic heterocycles. The molecule has 88 valence electrons. The first kappa shape index (κ1) is 13.3. The Kier molecular flexibility index (Phi) is 5.10. The van der Waals surface area contributed by atoms with E-state index in [4.69, 9.17) is 23.2 Å². The number of hydrogen-bond donors (Lipinski definition) is 1. The average Bonchev–Trinajstić information content (AvgIpc) is 2.16. The number of nitrogens with one attached hydrogen (secondary N) is 1. The van der Waals surface area contributed by atoms with E-state index in [2.05, 4.69) is 5.32 Å². The molecule has 0 fully saturated rings. The molecule has 2 atom stereocenters. The highest BCUT2D eigenvalue weighted by atomic mass is 35.5. The second-order valence-corrected chi connectivity index (χ2v) is 5.10. The van der Waals surface area contributed by atoms with Crippen LogP contribution in [0.3, 0.4) is 0 Å². The summed E-state index contributed by atoms with van der Waals surface area (Å²) in [6.07, 6.45) is 0.661. The van der Waals surface area contributed by atoms with Crippen LogP contribution in [0.25, 0.3) is 0 Å². The van der Waals surface area contributed by atoms with E-state index < -0.39 is 0 Å². The van der Waals surface area contributed by atoms with Crippen molar-refractivity contribution in [2.45, 2.75) is 25.6 Å². The number of hydrogen-bond acceptors (Lipinski definition) is 1. The number of carbonyl (C=O) groups excluding carboxylic acids is 1. The second kappa shape index (κ2) is 6.12. The summed E-state index contributed by atoms with van der Waals surface area (Å²) in [6.45, 7) is 3.74. The van der Waals surface area contributed by atoms with Gasteiger partial charge < -0.3 is 5.32 Å². The summed E-state index contributed by atoms with van der Waals surface area (Å²) >= 11 is 11.7. The van der Waals surface area contributed by atoms with Gasteiger partial charge in [-0.2, -0.15) is 0 Å². The lowest BCUT2D eigenvalue weighted by atomic mass is 10.1. The highest BCUT2D eigenvalue weighted by Gasteiger charge is 2.15. The van der Waals surface area contributed by atoms with Crippen molar-refractivity contribution in [1.82, 2.24) is 0 Å². The molecule has 1 aromatic carbocycles. The van der Waals surface area contributed by atoms with E-state index in [0.717, 1.165) is 0 Å². The molecule has 0 spiro atoms. The SMILES string of the molecule is CC(Cl)CC(C)C(=O)Nc1cccc(Cl)c1. The van der Waals surface area contributed by atoms with E-state index >= 15 is 0 Å². The monoisotopic (exact) mass is 259 g/mol. The quantitative estimate of drug-likeness (QED) is 0.816. The Morgan fingerprint density at radius 3 is 2.69 bits per heavy atom. The minimum atomic E-state index is -0.105. The van der Waals surface area contributed by atoms with Crippen molar-refractivity contribution in [2.24, 2.45) is 5.92 Å². The lowest BCUT2D eigenvalue weighted by molar-refractivity contribution is -0.119. The molecular weight excluding hydrogens is 245 g/mol. The summed E-state index contributed by atoms with van der Waals surface area (Å²) in [5, 5.41) is 3.41. The first-order valence-corrected chi connectivity index (χ1v) is 6.01. The van der Waals surface area contributed by atoms with Gasteiger partial charge in [-0.3, -0.25) is 4.79 Å². The van der Waals surface area contributed by atoms with E-state index in [9.17, 15) is 4.79 Å². The summed E-state index contributed by atoms with van der Waals surface area (Å²) in [7, 11) is 0. The topological polar surface area (TPSA) is 29.1 Å². The van der Waals surface area contributed by atoms with Crippen LogP contribution in [-0.4, -0.2) is 11.3 Å². The fraction of sp³-hybridized carbons (Fsp3) is 0.417. The van der Waals surface area contributed by atoms with Gasteiger partial charge in [0.15, 0.2) is 0 Å². The zero-order chi connectivity index (χ0) is 12.1. The Bertz CT molecular complexity index is 366. The molecule has 0 radical (unpaired) electrons. The largest absolute Gasteiger partial charge is 0.326 e. The van der Waals surface area contributed by atoms with Gasteiger partial charge in [-0.05, 0) is 31.5 Å². The fourth-order valence-electron chi connectivity index (χ4n) is 1.43. The minimum absolute atomic E-state index is 0.000103. The molecule has 2 unspecified atom stereocenters. The normalized spacial score (nSPS) is 14.2. The van der Waals surface area contributed by atoms with Crippen molar-refractivity contribution < 1.29 is 4.79 Å². The highest BCUT2D eigenvalue weighted by molar-refractivity contribution is 6.30. The van der Waals surface area contributed by atoms with Crippen molar-refractivity contribution >= 4 is 34.8 Å². The molecule has 16 heavy (non-hydrogen) atoms. The Labute approximate surface area is 106 Å². The van der Waals surface area contributed by atoms with E-state index in [0.29, 0.717) is 17.1 Å². The van der Waals surface area contributed by atoms with Crippen LogP contribution in [0.15, 0.2) is 24.3 Å². The molecule has 0 aliphatic carbocycles. The summed E-state index contributed by atoms with van der Waals surface area (Å²) in [5.74, 6) is -0.138. The van der Waals surface area contributed by atoms with Gasteiger partial charge in [-0.15, -0.1) is 11.6 Å². The zero-order valence-electron chi connectivity index (χ0n) is 9.34. The van der Waals surface area contributed by atoms with Crippen molar-refractivity contribution in [3.8, 4) is 0 Å². The third-order valence-electron chi connectivity index (χ3n) is 2.22. The lowest BCUT2D eigenvalue weighted by Gasteiger charge is -2.13. The van der Waals surface area contributed by atoms with Gasteiger partial charge in [0.1, 0.15) is 0 Å². The van der Waals surface area contributed by atoms with E-state index in [1.807, 2.05) is 13.8 Å². The third-order valence-corrected chi connectivity index (χ3v) is 2.63. The van der Waals surface area contributed by atoms with Gasteiger partial charge in [0, 0.05) is 22.0 Å². The van der Waals surface area contributed by atoms with Crippen LogP contribution >= 0.6 is 23.2 Å². The number of benzene rings is 1. The van der Waals surface area contributed by atoms with Crippen molar-refractivity contribution in [3.05, 3.63) is 29.3 Å². The maximum absolute atomic E-state index is 11.7. The number of amides is 1. The zero-order valence-corrected chi connectivity index (χ0v) is 10.8. The predicted molar refractivity (Wildman–Crippen MR) is 69.2 cm³/mol. The number of halogens is 2. The van der Waals surface area contributed by atoms with Gasteiger partial charge in [-0.25, -0.2) is 0 Å². The summed E-state index contributed by atoms with van der Waals surface area (Å²) < 4.78 is 0. The maximum Gasteiger partial charge on any atom is 0.227 e. The molecule has 0 saturated heterocycles. The third kappa shape index (κ3) is 4.42. The molecule has 0 aliphatic rings. The van der Waals surface area contributed by atoms with Crippen LogP contribution in [0.5, 0.6) is 0 Å². The maximum atomic E-state index is 11.7. The van der Waals surface area contributed by atoms with Crippen LogP contribution < -0.4 is 5.32 Å². The Balaban J connectivity index is 2.57. The number of carbonyl (C=O) groups is 1. The molecule has 0 bridgehead atoms. The molecule has 0 heterocycles. The average molecular weight is 260 g/mol. The molecule has 0 saturated carbocycles. The summed E-state index contributed by atoms with van der Waals surface area (Å²) in [4.78, 5) is 11.7. The molecule has 1 N–H and O–H groups in total. The van der Waals surface area contributed by atoms with Crippen molar-refractivity contribution in [3.63, 3.8) is 0 Å². The summed E-state index contributed by atoms with van der Waals surface area (Å²) in [6, 6.07) is 7.09. The molecule has 1 aromatic rings. The van der Waals surface area contributed by atoms with Gasteiger partial charge >= 0.3 is 0 Å². The molecule has 0 aliphatic heterocycles. The molecule has 1 rings (SSSR count). The van der Waals surface area contributed by atoms with Crippen LogP contribution in [0.2, 0.25) is 5.02 Å². The predicted octanol–water partition coefficient (Wildman–Crippen LogP) is 3.93. The Hall–Kier alpha value is -0.730. The van der Waals surface area contributed by atoms with Crippen LogP contribution in [-0.2, 0) is 4.79 Å². The lowest BCUT2D eigenvalue weighted by Crippen LogP contribution is -2.22. The smallest absolute Gasteiger partial charge is 0.227 e. The van der Waals surface area contributed by atoms with Gasteiger partial charge in [0.05, 0.1) is 0 Å². The number of anilines is 1. The fourth-order valence-corrected chi connectivity index (χ4v) is 1.88. The first-order valence-electron chi connectivity index (χ1n) is 5.19. The molecule has 2 nitrogen and oxygen atoms in total.